The van der Waals surface area contributed by atoms with Gasteiger partial charge in [0.2, 0.25) is 0 Å². The van der Waals surface area contributed by atoms with E-state index in [2.05, 4.69) is 151 Å². The Kier molecular flexibility index (Phi) is 5.08. The smallest absolute Gasteiger partial charge is 0.137 e. The predicted octanol–water partition coefficient (Wildman–Crippen LogP) is 10.1. The summed E-state index contributed by atoms with van der Waals surface area (Å²) in [7, 11) is 0. The molecule has 8 rings (SSSR count). The second-order valence-corrected chi connectivity index (χ2v) is 10.6. The second kappa shape index (κ2) is 8.93. The van der Waals surface area contributed by atoms with Crippen molar-refractivity contribution in [1.82, 2.24) is 9.38 Å². The van der Waals surface area contributed by atoms with Gasteiger partial charge >= 0.3 is 0 Å². The number of hydrogen-bond donors (Lipinski definition) is 0. The molecule has 0 saturated carbocycles. The van der Waals surface area contributed by atoms with Crippen molar-refractivity contribution in [3.05, 3.63) is 145 Å². The number of fused-ring (bicyclic) bond motifs is 4. The van der Waals surface area contributed by atoms with Crippen molar-refractivity contribution in [2.75, 3.05) is 0 Å². The summed E-state index contributed by atoms with van der Waals surface area (Å²) in [6, 6.07) is 46.2. The molecular formula is C38H26N2. The number of hydrogen-bond acceptors (Lipinski definition) is 1. The van der Waals surface area contributed by atoms with Crippen LogP contribution in [0.4, 0.5) is 0 Å². The number of nitrogens with zero attached hydrogens (tertiary/aromatic N) is 2. The van der Waals surface area contributed by atoms with Gasteiger partial charge in [-0.25, -0.2) is 4.98 Å². The number of imidazole rings is 1. The summed E-state index contributed by atoms with van der Waals surface area (Å²) < 4.78 is 2.09. The van der Waals surface area contributed by atoms with Crippen LogP contribution in [0.5, 0.6) is 0 Å². The van der Waals surface area contributed by atoms with Crippen LogP contribution >= 0.6 is 0 Å². The third kappa shape index (κ3) is 3.61. The molecule has 0 aliphatic rings. The Bertz CT molecular complexity index is 2160. The summed E-state index contributed by atoms with van der Waals surface area (Å²) in [5, 5.41) is 7.59. The number of aromatic nitrogens is 2. The molecular weight excluding hydrogens is 484 g/mol. The third-order valence-corrected chi connectivity index (χ3v) is 8.05. The van der Waals surface area contributed by atoms with Crippen molar-refractivity contribution in [3.63, 3.8) is 0 Å². The Morgan fingerprint density at radius 2 is 1.05 bits per heavy atom. The molecule has 2 heterocycles. The van der Waals surface area contributed by atoms with Gasteiger partial charge in [0, 0.05) is 18.0 Å². The standard InChI is InChI=1S/C38H26N2/c1-25-20-21-40-24-35(39-36(40)22-25)27-15-17-28(18-16-27)37-31-10-4-6-12-33(31)38(34-13-7-5-11-32(34)37)30-19-14-26-8-2-3-9-29(26)23-30/h2-24H,1H3. The van der Waals surface area contributed by atoms with E-state index in [1.165, 1.54) is 60.1 Å². The molecule has 40 heavy (non-hydrogen) atoms. The predicted molar refractivity (Wildman–Crippen MR) is 169 cm³/mol. The maximum atomic E-state index is 4.88. The van der Waals surface area contributed by atoms with Crippen LogP contribution in [0.1, 0.15) is 5.56 Å². The minimum absolute atomic E-state index is 0.973. The zero-order valence-electron chi connectivity index (χ0n) is 22.2. The van der Waals surface area contributed by atoms with E-state index in [-0.39, 0.29) is 0 Å². The molecule has 0 saturated heterocycles. The lowest BCUT2D eigenvalue weighted by atomic mass is 9.85. The SMILES string of the molecule is Cc1ccn2cc(-c3ccc(-c4c5ccccc5c(-c5ccc6ccccc6c5)c5ccccc45)cc3)nc2c1. The highest BCUT2D eigenvalue weighted by atomic mass is 15.0. The first-order valence-corrected chi connectivity index (χ1v) is 13.7. The highest BCUT2D eigenvalue weighted by Gasteiger charge is 2.17. The zero-order chi connectivity index (χ0) is 26.6. The van der Waals surface area contributed by atoms with Crippen LogP contribution in [0.2, 0.25) is 0 Å². The van der Waals surface area contributed by atoms with E-state index >= 15 is 0 Å². The summed E-state index contributed by atoms with van der Waals surface area (Å²) in [5.74, 6) is 0. The Morgan fingerprint density at radius 3 is 1.73 bits per heavy atom. The van der Waals surface area contributed by atoms with Gasteiger partial charge in [0.05, 0.1) is 5.69 Å². The fourth-order valence-electron chi connectivity index (χ4n) is 6.13. The maximum Gasteiger partial charge on any atom is 0.137 e. The van der Waals surface area contributed by atoms with Crippen LogP contribution in [0.15, 0.2) is 140 Å². The van der Waals surface area contributed by atoms with Crippen LogP contribution in [-0.2, 0) is 0 Å². The summed E-state index contributed by atoms with van der Waals surface area (Å²) in [6.45, 7) is 2.10. The maximum absolute atomic E-state index is 4.88. The Morgan fingerprint density at radius 1 is 0.500 bits per heavy atom. The Labute approximate surface area is 232 Å². The molecule has 0 unspecified atom stereocenters. The molecule has 0 radical (unpaired) electrons. The van der Waals surface area contributed by atoms with Crippen LogP contribution in [0.25, 0.3) is 71.5 Å². The van der Waals surface area contributed by atoms with Gasteiger partial charge in [-0.05, 0) is 85.3 Å². The molecule has 0 atom stereocenters. The highest BCUT2D eigenvalue weighted by Crippen LogP contribution is 2.44. The molecule has 0 fully saturated rings. The van der Waals surface area contributed by atoms with Gasteiger partial charge in [0.25, 0.3) is 0 Å². The van der Waals surface area contributed by atoms with Gasteiger partial charge < -0.3 is 4.40 Å². The van der Waals surface area contributed by atoms with E-state index in [1.54, 1.807) is 0 Å². The molecule has 0 spiro atoms. The molecule has 2 heteroatoms. The Hall–Kier alpha value is -5.21. The topological polar surface area (TPSA) is 17.3 Å². The van der Waals surface area contributed by atoms with Crippen LogP contribution < -0.4 is 0 Å². The molecule has 188 valence electrons. The zero-order valence-corrected chi connectivity index (χ0v) is 22.2. The van der Waals surface area contributed by atoms with E-state index < -0.39 is 0 Å². The van der Waals surface area contributed by atoms with Gasteiger partial charge in [-0.1, -0.05) is 109 Å². The number of rotatable bonds is 3. The summed E-state index contributed by atoms with van der Waals surface area (Å²) in [5.41, 5.74) is 9.30. The average Bonchev–Trinajstić information content (AvgIpc) is 3.43. The first kappa shape index (κ1) is 22.7. The van der Waals surface area contributed by atoms with Crippen LogP contribution in [0.3, 0.4) is 0 Å². The van der Waals surface area contributed by atoms with E-state index in [0.717, 1.165) is 16.9 Å². The molecule has 8 aromatic rings. The summed E-state index contributed by atoms with van der Waals surface area (Å²) >= 11 is 0. The minimum Gasteiger partial charge on any atom is -0.306 e. The van der Waals surface area contributed by atoms with Gasteiger partial charge in [-0.2, -0.15) is 0 Å². The van der Waals surface area contributed by atoms with Crippen LogP contribution in [-0.4, -0.2) is 9.38 Å². The van der Waals surface area contributed by atoms with Crippen molar-refractivity contribution < 1.29 is 0 Å². The highest BCUT2D eigenvalue weighted by molar-refractivity contribution is 6.21. The molecule has 0 aliphatic carbocycles. The van der Waals surface area contributed by atoms with Crippen molar-refractivity contribution in [3.8, 4) is 33.5 Å². The van der Waals surface area contributed by atoms with Crippen molar-refractivity contribution >= 4 is 38.0 Å². The largest absolute Gasteiger partial charge is 0.306 e. The van der Waals surface area contributed by atoms with E-state index in [9.17, 15) is 0 Å². The molecule has 0 amide bonds. The molecule has 6 aromatic carbocycles. The fraction of sp³-hybridized carbons (Fsp3) is 0.0263. The Balaban J connectivity index is 1.33. The lowest BCUT2D eigenvalue weighted by Crippen LogP contribution is -1.91. The van der Waals surface area contributed by atoms with Crippen molar-refractivity contribution in [1.29, 1.82) is 0 Å². The average molecular weight is 511 g/mol. The van der Waals surface area contributed by atoms with Crippen molar-refractivity contribution in [2.24, 2.45) is 0 Å². The molecule has 0 aliphatic heterocycles. The van der Waals surface area contributed by atoms with Gasteiger partial charge in [-0.3, -0.25) is 0 Å². The van der Waals surface area contributed by atoms with Gasteiger partial charge in [-0.15, -0.1) is 0 Å². The first-order valence-electron chi connectivity index (χ1n) is 13.7. The number of aryl methyl sites for hydroxylation is 1. The lowest BCUT2D eigenvalue weighted by Gasteiger charge is -2.18. The first-order chi connectivity index (χ1) is 19.7. The van der Waals surface area contributed by atoms with Crippen LogP contribution in [0, 0.1) is 6.92 Å². The van der Waals surface area contributed by atoms with Gasteiger partial charge in [0.1, 0.15) is 5.65 Å². The van der Waals surface area contributed by atoms with E-state index in [0.29, 0.717) is 0 Å². The van der Waals surface area contributed by atoms with Gasteiger partial charge in [0.15, 0.2) is 0 Å². The molecule has 0 N–H and O–H groups in total. The summed E-state index contributed by atoms with van der Waals surface area (Å²) in [6.07, 6.45) is 4.18. The molecule has 2 nitrogen and oxygen atoms in total. The normalized spacial score (nSPS) is 11.6. The quantitative estimate of drug-likeness (QED) is 0.216. The number of benzene rings is 6. The second-order valence-electron chi connectivity index (χ2n) is 10.6. The number of pyridine rings is 1. The molecule has 0 bridgehead atoms. The fourth-order valence-corrected chi connectivity index (χ4v) is 6.13. The van der Waals surface area contributed by atoms with Crippen molar-refractivity contribution in [2.45, 2.75) is 6.92 Å². The lowest BCUT2D eigenvalue weighted by molar-refractivity contribution is 1.17. The van der Waals surface area contributed by atoms with E-state index in [1.807, 2.05) is 0 Å². The third-order valence-electron chi connectivity index (χ3n) is 8.05. The molecule has 2 aromatic heterocycles. The summed E-state index contributed by atoms with van der Waals surface area (Å²) in [4.78, 5) is 4.88. The van der Waals surface area contributed by atoms with E-state index in [4.69, 9.17) is 4.98 Å². The monoisotopic (exact) mass is 510 g/mol. The minimum atomic E-state index is 0.973.